The van der Waals surface area contributed by atoms with Crippen molar-refractivity contribution in [2.75, 3.05) is 19.6 Å². The minimum absolute atomic E-state index is 0.199. The Bertz CT molecular complexity index is 248. The molecule has 4 nitrogen and oxygen atoms in total. The van der Waals surface area contributed by atoms with Gasteiger partial charge in [-0.25, -0.2) is 4.79 Å². The standard InChI is InChI=1S/C12H24N2O2/c1-9-8-14(7-6-13-10(9)2)11(15)16-12(3,4)5/h9-10,13H,6-8H2,1-5H3. The van der Waals surface area contributed by atoms with Gasteiger partial charge in [0.1, 0.15) is 5.60 Å². The second kappa shape index (κ2) is 5.04. The summed E-state index contributed by atoms with van der Waals surface area (Å²) >= 11 is 0. The van der Waals surface area contributed by atoms with Gasteiger partial charge in [0.2, 0.25) is 0 Å². The first-order valence-corrected chi connectivity index (χ1v) is 6.01. The van der Waals surface area contributed by atoms with Crippen LogP contribution in [0.25, 0.3) is 0 Å². The minimum atomic E-state index is -0.411. The van der Waals surface area contributed by atoms with Crippen LogP contribution in [-0.4, -0.2) is 42.3 Å². The van der Waals surface area contributed by atoms with Crippen LogP contribution >= 0.6 is 0 Å². The number of hydrogen-bond acceptors (Lipinski definition) is 3. The maximum Gasteiger partial charge on any atom is 0.410 e. The van der Waals surface area contributed by atoms with Crippen LogP contribution in [0, 0.1) is 5.92 Å². The topological polar surface area (TPSA) is 41.6 Å². The summed E-state index contributed by atoms with van der Waals surface area (Å²) in [5.41, 5.74) is -0.411. The van der Waals surface area contributed by atoms with Crippen molar-refractivity contribution in [3.8, 4) is 0 Å². The lowest BCUT2D eigenvalue weighted by molar-refractivity contribution is 0.0242. The van der Waals surface area contributed by atoms with Crippen molar-refractivity contribution in [1.82, 2.24) is 10.2 Å². The van der Waals surface area contributed by atoms with E-state index in [4.69, 9.17) is 4.74 Å². The van der Waals surface area contributed by atoms with Crippen LogP contribution in [0.15, 0.2) is 0 Å². The van der Waals surface area contributed by atoms with Gasteiger partial charge in [-0.05, 0) is 33.6 Å². The summed E-state index contributed by atoms with van der Waals surface area (Å²) in [4.78, 5) is 13.7. The second-order valence-electron chi connectivity index (χ2n) is 5.65. The van der Waals surface area contributed by atoms with Crippen molar-refractivity contribution in [3.05, 3.63) is 0 Å². The molecule has 0 spiro atoms. The molecule has 0 aromatic heterocycles. The molecule has 1 aliphatic heterocycles. The molecule has 16 heavy (non-hydrogen) atoms. The lowest BCUT2D eigenvalue weighted by Crippen LogP contribution is -2.40. The fraction of sp³-hybridized carbons (Fsp3) is 0.917. The van der Waals surface area contributed by atoms with Crippen molar-refractivity contribution >= 4 is 6.09 Å². The molecule has 2 atom stereocenters. The van der Waals surface area contributed by atoms with Crippen molar-refractivity contribution < 1.29 is 9.53 Å². The highest BCUT2D eigenvalue weighted by molar-refractivity contribution is 5.68. The lowest BCUT2D eigenvalue weighted by atomic mass is 10.0. The molecule has 0 radical (unpaired) electrons. The second-order valence-corrected chi connectivity index (χ2v) is 5.65. The van der Waals surface area contributed by atoms with E-state index in [-0.39, 0.29) is 6.09 Å². The van der Waals surface area contributed by atoms with Crippen LogP contribution in [0.2, 0.25) is 0 Å². The molecule has 0 saturated carbocycles. The molecule has 0 aromatic rings. The Morgan fingerprint density at radius 1 is 1.38 bits per heavy atom. The molecule has 0 aromatic carbocycles. The van der Waals surface area contributed by atoms with E-state index in [1.165, 1.54) is 0 Å². The van der Waals surface area contributed by atoms with Gasteiger partial charge in [-0.3, -0.25) is 0 Å². The molecule has 0 bridgehead atoms. The Morgan fingerprint density at radius 3 is 2.56 bits per heavy atom. The van der Waals surface area contributed by atoms with Crippen molar-refractivity contribution in [1.29, 1.82) is 0 Å². The fourth-order valence-corrected chi connectivity index (χ4v) is 1.72. The monoisotopic (exact) mass is 228 g/mol. The molecule has 1 fully saturated rings. The van der Waals surface area contributed by atoms with E-state index < -0.39 is 5.60 Å². The molecule has 4 heteroatoms. The predicted octanol–water partition coefficient (Wildman–Crippen LogP) is 1.85. The van der Waals surface area contributed by atoms with Gasteiger partial charge in [0.15, 0.2) is 0 Å². The van der Waals surface area contributed by atoms with Crippen LogP contribution < -0.4 is 5.32 Å². The lowest BCUT2D eigenvalue weighted by Gasteiger charge is -2.27. The first kappa shape index (κ1) is 13.3. The summed E-state index contributed by atoms with van der Waals surface area (Å²) in [6, 6.07) is 0.451. The van der Waals surface area contributed by atoms with Crippen LogP contribution in [0.5, 0.6) is 0 Å². The van der Waals surface area contributed by atoms with Crippen LogP contribution in [0.4, 0.5) is 4.79 Å². The summed E-state index contributed by atoms with van der Waals surface area (Å²) in [5, 5.41) is 3.39. The van der Waals surface area contributed by atoms with E-state index >= 15 is 0 Å². The Morgan fingerprint density at radius 2 is 2.00 bits per heavy atom. The largest absolute Gasteiger partial charge is 0.444 e. The van der Waals surface area contributed by atoms with Crippen molar-refractivity contribution in [2.45, 2.75) is 46.3 Å². The molecule has 94 valence electrons. The first-order chi connectivity index (χ1) is 7.29. The van der Waals surface area contributed by atoms with E-state index in [0.29, 0.717) is 12.0 Å². The van der Waals surface area contributed by atoms with Crippen molar-refractivity contribution in [2.24, 2.45) is 5.92 Å². The number of rotatable bonds is 0. The summed E-state index contributed by atoms with van der Waals surface area (Å²) < 4.78 is 5.38. The third-order valence-electron chi connectivity index (χ3n) is 2.86. The van der Waals surface area contributed by atoms with E-state index in [1.54, 1.807) is 4.90 Å². The summed E-state index contributed by atoms with van der Waals surface area (Å²) in [7, 11) is 0. The molecule has 1 N–H and O–H groups in total. The maximum atomic E-state index is 11.9. The molecule has 1 rings (SSSR count). The van der Waals surface area contributed by atoms with E-state index in [9.17, 15) is 4.79 Å². The third-order valence-corrected chi connectivity index (χ3v) is 2.86. The average molecular weight is 228 g/mol. The van der Waals surface area contributed by atoms with Gasteiger partial charge in [-0.15, -0.1) is 0 Å². The Hall–Kier alpha value is -0.770. The average Bonchev–Trinajstić information content (AvgIpc) is 2.27. The van der Waals surface area contributed by atoms with Gasteiger partial charge in [0.05, 0.1) is 0 Å². The van der Waals surface area contributed by atoms with E-state index in [2.05, 4.69) is 19.2 Å². The highest BCUT2D eigenvalue weighted by Gasteiger charge is 2.26. The molecule has 1 amide bonds. The number of nitrogens with zero attached hydrogens (tertiary/aromatic N) is 1. The zero-order valence-corrected chi connectivity index (χ0v) is 11.0. The van der Waals surface area contributed by atoms with E-state index in [1.807, 2.05) is 20.8 Å². The molecular weight excluding hydrogens is 204 g/mol. The van der Waals surface area contributed by atoms with Crippen LogP contribution in [-0.2, 0) is 4.74 Å². The van der Waals surface area contributed by atoms with Crippen molar-refractivity contribution in [3.63, 3.8) is 0 Å². The predicted molar refractivity (Wildman–Crippen MR) is 64.4 cm³/mol. The molecule has 1 heterocycles. The van der Waals surface area contributed by atoms with Crippen LogP contribution in [0.1, 0.15) is 34.6 Å². The highest BCUT2D eigenvalue weighted by Crippen LogP contribution is 2.14. The Labute approximate surface area is 98.3 Å². The molecule has 1 saturated heterocycles. The Balaban J connectivity index is 2.56. The minimum Gasteiger partial charge on any atom is -0.444 e. The smallest absolute Gasteiger partial charge is 0.410 e. The quantitative estimate of drug-likeness (QED) is 0.688. The number of carbonyl (C=O) groups is 1. The summed E-state index contributed by atoms with van der Waals surface area (Å²) in [6.07, 6.45) is -0.199. The first-order valence-electron chi connectivity index (χ1n) is 6.01. The number of carbonyl (C=O) groups excluding carboxylic acids is 1. The van der Waals surface area contributed by atoms with Gasteiger partial charge in [-0.2, -0.15) is 0 Å². The maximum absolute atomic E-state index is 11.9. The normalized spacial score (nSPS) is 27.4. The molecular formula is C12H24N2O2. The Kier molecular flexibility index (Phi) is 4.19. The molecule has 0 aliphatic carbocycles. The SMILES string of the molecule is CC1CN(C(=O)OC(C)(C)C)CCNC1C. The van der Waals surface area contributed by atoms with Gasteiger partial charge >= 0.3 is 6.09 Å². The third kappa shape index (κ3) is 4.00. The van der Waals surface area contributed by atoms with Gasteiger partial charge in [0.25, 0.3) is 0 Å². The number of amides is 1. The van der Waals surface area contributed by atoms with Gasteiger partial charge in [0, 0.05) is 25.7 Å². The van der Waals surface area contributed by atoms with Crippen LogP contribution in [0.3, 0.4) is 0 Å². The number of hydrogen-bond donors (Lipinski definition) is 1. The fourth-order valence-electron chi connectivity index (χ4n) is 1.72. The van der Waals surface area contributed by atoms with Gasteiger partial charge in [-0.1, -0.05) is 6.92 Å². The zero-order chi connectivity index (χ0) is 12.3. The highest BCUT2D eigenvalue weighted by atomic mass is 16.6. The van der Waals surface area contributed by atoms with Gasteiger partial charge < -0.3 is 15.0 Å². The molecule has 2 unspecified atom stereocenters. The number of ether oxygens (including phenoxy) is 1. The molecule has 1 aliphatic rings. The summed E-state index contributed by atoms with van der Waals surface area (Å²) in [5.74, 6) is 0.454. The summed E-state index contributed by atoms with van der Waals surface area (Å²) in [6.45, 7) is 12.3. The zero-order valence-electron chi connectivity index (χ0n) is 11.0. The van der Waals surface area contributed by atoms with E-state index in [0.717, 1.165) is 19.6 Å². The number of nitrogens with one attached hydrogen (secondary N) is 1.